The first-order chi connectivity index (χ1) is 11.1. The van der Waals surface area contributed by atoms with Crippen molar-refractivity contribution in [2.45, 2.75) is 53.1 Å². The van der Waals surface area contributed by atoms with E-state index in [1.807, 2.05) is 11.3 Å². The molecule has 0 aliphatic heterocycles. The molecule has 0 aromatic carbocycles. The molecule has 0 saturated heterocycles. The summed E-state index contributed by atoms with van der Waals surface area (Å²) in [6, 6.07) is 4.39. The number of aliphatic imine (C=N–C) groups is 1. The second-order valence-corrected chi connectivity index (χ2v) is 7.74. The molecular weight excluding hydrogens is 451 g/mol. The number of rotatable bonds is 7. The molecule has 0 atom stereocenters. The molecule has 2 aromatic rings. The van der Waals surface area contributed by atoms with Gasteiger partial charge in [-0.2, -0.15) is 0 Å². The summed E-state index contributed by atoms with van der Waals surface area (Å²) in [5.41, 5.74) is 1.04. The van der Waals surface area contributed by atoms with Crippen molar-refractivity contribution < 1.29 is 0 Å². The van der Waals surface area contributed by atoms with Crippen LogP contribution in [0.2, 0.25) is 0 Å². The third-order valence-electron chi connectivity index (χ3n) is 3.30. The summed E-state index contributed by atoms with van der Waals surface area (Å²) < 4.78 is 0. The van der Waals surface area contributed by atoms with Crippen molar-refractivity contribution in [3.05, 3.63) is 38.0 Å². The number of guanidine groups is 1. The predicted octanol–water partition coefficient (Wildman–Crippen LogP) is 4.76. The van der Waals surface area contributed by atoms with Gasteiger partial charge in [0.25, 0.3) is 0 Å². The Morgan fingerprint density at radius 2 is 1.96 bits per heavy atom. The fraction of sp³-hybridized carbons (Fsp3) is 0.529. The van der Waals surface area contributed by atoms with Gasteiger partial charge in [-0.1, -0.05) is 20.8 Å². The summed E-state index contributed by atoms with van der Waals surface area (Å²) in [5, 5.41) is 9.98. The molecular formula is C17H27IN4S2. The molecule has 0 fully saturated rings. The number of hydrogen-bond donors (Lipinski definition) is 2. The molecule has 134 valence electrons. The van der Waals surface area contributed by atoms with E-state index in [2.05, 4.69) is 65.8 Å². The Kier molecular flexibility index (Phi) is 9.84. The van der Waals surface area contributed by atoms with Gasteiger partial charge < -0.3 is 10.6 Å². The van der Waals surface area contributed by atoms with Crippen LogP contribution in [-0.4, -0.2) is 17.5 Å². The maximum Gasteiger partial charge on any atom is 0.191 e. The van der Waals surface area contributed by atoms with Crippen LogP contribution in [-0.2, 0) is 19.5 Å². The lowest BCUT2D eigenvalue weighted by Crippen LogP contribution is -2.36. The van der Waals surface area contributed by atoms with Crippen LogP contribution >= 0.6 is 46.7 Å². The normalized spacial score (nSPS) is 11.5. The number of nitrogens with one attached hydrogen (secondary N) is 2. The average Bonchev–Trinajstić information content (AvgIpc) is 3.19. The minimum absolute atomic E-state index is 0. The van der Waals surface area contributed by atoms with Gasteiger partial charge in [-0.05, 0) is 25.5 Å². The highest BCUT2D eigenvalue weighted by atomic mass is 127. The van der Waals surface area contributed by atoms with E-state index in [0.29, 0.717) is 12.5 Å². The van der Waals surface area contributed by atoms with Crippen molar-refractivity contribution in [3.63, 3.8) is 0 Å². The lowest BCUT2D eigenvalue weighted by Gasteiger charge is -2.10. The standard InChI is InChI=1S/C17H26N4S2.HI/c1-5-14-7-8-15(23-14)10-20-17(18-6-2)19-9-13-11-22-16(21-13)12(3)4;/h7-8,11-12H,5-6,9-10H2,1-4H3,(H2,18,19,20);1H. The third-order valence-corrected chi connectivity index (χ3v) is 5.73. The number of hydrogen-bond acceptors (Lipinski definition) is 4. The first-order valence-corrected chi connectivity index (χ1v) is 9.86. The molecule has 0 aliphatic rings. The van der Waals surface area contributed by atoms with E-state index in [4.69, 9.17) is 0 Å². The molecule has 0 radical (unpaired) electrons. The number of aromatic nitrogens is 1. The first-order valence-electron chi connectivity index (χ1n) is 8.16. The van der Waals surface area contributed by atoms with E-state index in [-0.39, 0.29) is 24.0 Å². The molecule has 0 unspecified atom stereocenters. The summed E-state index contributed by atoms with van der Waals surface area (Å²) in [6.07, 6.45) is 1.10. The highest BCUT2D eigenvalue weighted by Gasteiger charge is 2.06. The number of nitrogens with zero attached hydrogens (tertiary/aromatic N) is 2. The Morgan fingerprint density at radius 3 is 2.54 bits per heavy atom. The van der Waals surface area contributed by atoms with Crippen LogP contribution in [0.1, 0.15) is 54.1 Å². The van der Waals surface area contributed by atoms with Gasteiger partial charge in [0, 0.05) is 27.6 Å². The maximum absolute atomic E-state index is 4.64. The van der Waals surface area contributed by atoms with E-state index in [1.54, 1.807) is 11.3 Å². The van der Waals surface area contributed by atoms with Crippen LogP contribution < -0.4 is 10.6 Å². The largest absolute Gasteiger partial charge is 0.357 e. The Morgan fingerprint density at radius 1 is 1.21 bits per heavy atom. The van der Waals surface area contributed by atoms with Crippen molar-refractivity contribution in [1.29, 1.82) is 0 Å². The lowest BCUT2D eigenvalue weighted by atomic mass is 10.2. The van der Waals surface area contributed by atoms with Gasteiger partial charge >= 0.3 is 0 Å². The van der Waals surface area contributed by atoms with Crippen LogP contribution in [0.4, 0.5) is 0 Å². The predicted molar refractivity (Wildman–Crippen MR) is 117 cm³/mol. The monoisotopic (exact) mass is 478 g/mol. The molecule has 4 nitrogen and oxygen atoms in total. The molecule has 2 N–H and O–H groups in total. The van der Waals surface area contributed by atoms with Gasteiger partial charge in [-0.3, -0.25) is 0 Å². The van der Waals surface area contributed by atoms with Crippen molar-refractivity contribution in [1.82, 2.24) is 15.6 Å². The minimum atomic E-state index is 0. The van der Waals surface area contributed by atoms with E-state index in [1.165, 1.54) is 14.8 Å². The quantitative estimate of drug-likeness (QED) is 0.343. The molecule has 0 spiro atoms. The molecule has 24 heavy (non-hydrogen) atoms. The van der Waals surface area contributed by atoms with E-state index in [0.717, 1.165) is 31.2 Å². The first kappa shape index (κ1) is 21.4. The van der Waals surface area contributed by atoms with Crippen molar-refractivity contribution in [3.8, 4) is 0 Å². The second-order valence-electron chi connectivity index (χ2n) is 5.60. The van der Waals surface area contributed by atoms with Crippen LogP contribution in [0, 0.1) is 0 Å². The van der Waals surface area contributed by atoms with Gasteiger partial charge in [0.05, 0.1) is 23.8 Å². The molecule has 0 aliphatic carbocycles. The Hall–Kier alpha value is -0.670. The van der Waals surface area contributed by atoms with Gasteiger partial charge in [0.1, 0.15) is 0 Å². The molecule has 2 aromatic heterocycles. The highest BCUT2D eigenvalue weighted by Crippen LogP contribution is 2.19. The van der Waals surface area contributed by atoms with Crippen molar-refractivity contribution in [2.75, 3.05) is 6.54 Å². The molecule has 0 bridgehead atoms. The fourth-order valence-electron chi connectivity index (χ4n) is 2.04. The summed E-state index contributed by atoms with van der Waals surface area (Å²) >= 11 is 3.58. The van der Waals surface area contributed by atoms with Crippen LogP contribution in [0.15, 0.2) is 22.5 Å². The summed E-state index contributed by atoms with van der Waals surface area (Å²) in [4.78, 5) is 12.0. The molecule has 2 rings (SSSR count). The Balaban J connectivity index is 0.00000288. The average molecular weight is 478 g/mol. The fourth-order valence-corrected chi connectivity index (χ4v) is 3.76. The molecule has 0 saturated carbocycles. The van der Waals surface area contributed by atoms with Gasteiger partial charge in [0.15, 0.2) is 5.96 Å². The number of thiophene rings is 1. The zero-order chi connectivity index (χ0) is 16.7. The zero-order valence-electron chi connectivity index (χ0n) is 14.8. The van der Waals surface area contributed by atoms with Gasteiger partial charge in [0.2, 0.25) is 0 Å². The van der Waals surface area contributed by atoms with Crippen LogP contribution in [0.5, 0.6) is 0 Å². The smallest absolute Gasteiger partial charge is 0.191 e. The SMILES string of the molecule is CCNC(=NCc1csc(C(C)C)n1)NCc1ccc(CC)s1.I. The van der Waals surface area contributed by atoms with Gasteiger partial charge in [-0.25, -0.2) is 9.98 Å². The number of halogens is 1. The topological polar surface area (TPSA) is 49.3 Å². The zero-order valence-corrected chi connectivity index (χ0v) is 18.7. The third kappa shape index (κ3) is 6.68. The van der Waals surface area contributed by atoms with Gasteiger partial charge in [-0.15, -0.1) is 46.7 Å². The van der Waals surface area contributed by atoms with Crippen LogP contribution in [0.3, 0.4) is 0 Å². The van der Waals surface area contributed by atoms with Crippen molar-refractivity contribution in [2.24, 2.45) is 4.99 Å². The molecule has 0 amide bonds. The molecule has 7 heteroatoms. The summed E-state index contributed by atoms with van der Waals surface area (Å²) in [6.45, 7) is 10.9. The summed E-state index contributed by atoms with van der Waals surface area (Å²) in [7, 11) is 0. The van der Waals surface area contributed by atoms with E-state index < -0.39 is 0 Å². The minimum Gasteiger partial charge on any atom is -0.357 e. The number of thiazole rings is 1. The van der Waals surface area contributed by atoms with Crippen LogP contribution in [0.25, 0.3) is 0 Å². The van der Waals surface area contributed by atoms with Crippen molar-refractivity contribution >= 4 is 52.6 Å². The maximum atomic E-state index is 4.64. The Bertz CT molecular complexity index is 634. The molecule has 2 heterocycles. The lowest BCUT2D eigenvalue weighted by molar-refractivity contribution is 0.810. The Labute approximate surface area is 170 Å². The number of aryl methyl sites for hydroxylation is 1. The second kappa shape index (κ2) is 11.0. The highest BCUT2D eigenvalue weighted by molar-refractivity contribution is 14.0. The van der Waals surface area contributed by atoms with E-state index in [9.17, 15) is 0 Å². The van der Waals surface area contributed by atoms with E-state index >= 15 is 0 Å². The summed E-state index contributed by atoms with van der Waals surface area (Å²) in [5.74, 6) is 1.33.